The molecule has 3 heterocycles. The molecule has 3 aliphatic heterocycles. The Morgan fingerprint density at radius 3 is 2.40 bits per heavy atom. The first-order valence-electron chi connectivity index (χ1n) is 20.3. The average molecular weight is 744 g/mol. The van der Waals surface area contributed by atoms with Gasteiger partial charge in [-0.25, -0.2) is 0 Å². The zero-order chi connectivity index (χ0) is 38.0. The summed E-state index contributed by atoms with van der Waals surface area (Å²) in [5.74, 6) is -0.325. The maximum absolute atomic E-state index is 14.7. The van der Waals surface area contributed by atoms with Gasteiger partial charge >= 0.3 is 5.97 Å². The lowest BCUT2D eigenvalue weighted by molar-refractivity contribution is -0.310. The number of fused-ring (bicyclic) bond motifs is 5. The van der Waals surface area contributed by atoms with E-state index in [4.69, 9.17) is 33.2 Å². The third-order valence-corrected chi connectivity index (χ3v) is 13.1. The second-order valence-corrected chi connectivity index (χ2v) is 16.6. The topological polar surface area (TPSA) is 122 Å². The van der Waals surface area contributed by atoms with E-state index in [1.54, 1.807) is 14.2 Å². The van der Waals surface area contributed by atoms with Gasteiger partial charge in [0.2, 0.25) is 0 Å². The molecule has 3 saturated heterocycles. The van der Waals surface area contributed by atoms with Gasteiger partial charge in [-0.15, -0.1) is 0 Å². The van der Waals surface area contributed by atoms with Crippen molar-refractivity contribution >= 4 is 11.8 Å². The molecule has 298 valence electrons. The number of nitrogens with zero attached hydrogens (tertiary/aromatic N) is 1. The largest absolute Gasteiger partial charge is 0.458 e. The van der Waals surface area contributed by atoms with Crippen molar-refractivity contribution in [2.75, 3.05) is 28.3 Å². The van der Waals surface area contributed by atoms with Crippen LogP contribution in [-0.2, 0) is 42.7 Å². The lowest BCUT2D eigenvalue weighted by Gasteiger charge is -2.42. The summed E-state index contributed by atoms with van der Waals surface area (Å²) in [6, 6.07) is 0.324. The fourth-order valence-corrected chi connectivity index (χ4v) is 10.3. The molecule has 1 N–H and O–H groups in total. The fraction of sp³-hybridized carbons (Fsp3) is 0.810. The summed E-state index contributed by atoms with van der Waals surface area (Å²) in [5, 5.41) is 11.1. The SMILES string of the molecule is CC/C=C/[C@H]1CCC[C@H](OC2CC[C@H](N(C)C)[C@@H](C)O2)[C@@H](C)C(=O)C2=CC3C(C=CC4C[C@@H](O[C@@H]5O[C@@H](C)[C@H](OC)[C@@H](OC)[C@H]5O)CC43)C2CC(=O)O1. The van der Waals surface area contributed by atoms with Crippen LogP contribution >= 0.6 is 0 Å². The molecule has 6 rings (SSSR count). The first-order valence-corrected chi connectivity index (χ1v) is 20.3. The number of hydrogen-bond donors (Lipinski definition) is 1. The normalized spacial score (nSPS) is 45.2. The van der Waals surface area contributed by atoms with Crippen molar-refractivity contribution in [2.24, 2.45) is 35.5 Å². The minimum absolute atomic E-state index is 0.00279. The van der Waals surface area contributed by atoms with Crippen LogP contribution in [0, 0.1) is 35.5 Å². The van der Waals surface area contributed by atoms with Crippen LogP contribution in [0.3, 0.4) is 0 Å². The number of likely N-dealkylation sites (N-methyl/N-ethyl adjacent to an activating group) is 1. The number of Topliss-reactive ketones (excluding diaryl/α,β-unsaturated/α-hetero) is 1. The van der Waals surface area contributed by atoms with E-state index in [2.05, 4.69) is 57.1 Å². The van der Waals surface area contributed by atoms with E-state index in [0.717, 1.165) is 44.1 Å². The molecule has 0 aromatic heterocycles. The average Bonchev–Trinajstić information content (AvgIpc) is 3.71. The Kier molecular flexibility index (Phi) is 13.7. The Hall–Kier alpha value is -1.96. The fourth-order valence-electron chi connectivity index (χ4n) is 10.3. The van der Waals surface area contributed by atoms with Gasteiger partial charge < -0.3 is 43.2 Å². The second kappa shape index (κ2) is 17.9. The van der Waals surface area contributed by atoms with Crippen molar-refractivity contribution < 1.29 is 47.9 Å². The Labute approximate surface area is 316 Å². The van der Waals surface area contributed by atoms with Gasteiger partial charge in [0, 0.05) is 32.1 Å². The lowest BCUT2D eigenvalue weighted by atomic mass is 9.70. The van der Waals surface area contributed by atoms with E-state index < -0.39 is 30.5 Å². The number of esters is 1. The highest BCUT2D eigenvalue weighted by Gasteiger charge is 2.52. The molecule has 17 atom stereocenters. The predicted octanol–water partition coefficient (Wildman–Crippen LogP) is 5.39. The molecule has 11 nitrogen and oxygen atoms in total. The molecule has 0 aromatic carbocycles. The number of ketones is 1. The predicted molar refractivity (Wildman–Crippen MR) is 199 cm³/mol. The van der Waals surface area contributed by atoms with Gasteiger partial charge in [-0.1, -0.05) is 38.2 Å². The molecule has 53 heavy (non-hydrogen) atoms. The van der Waals surface area contributed by atoms with Gasteiger partial charge in [0.15, 0.2) is 18.4 Å². The molecule has 4 fully saturated rings. The first kappa shape index (κ1) is 40.7. The van der Waals surface area contributed by atoms with E-state index in [9.17, 15) is 14.7 Å². The van der Waals surface area contributed by atoms with Crippen LogP contribution in [0.15, 0.2) is 36.0 Å². The van der Waals surface area contributed by atoms with Crippen molar-refractivity contribution in [1.82, 2.24) is 4.90 Å². The van der Waals surface area contributed by atoms with Gasteiger partial charge in [-0.2, -0.15) is 0 Å². The molecule has 0 amide bonds. The van der Waals surface area contributed by atoms with Crippen molar-refractivity contribution in [3.63, 3.8) is 0 Å². The summed E-state index contributed by atoms with van der Waals surface area (Å²) >= 11 is 0. The maximum atomic E-state index is 14.7. The summed E-state index contributed by atoms with van der Waals surface area (Å²) in [5.41, 5.74) is 0.730. The van der Waals surface area contributed by atoms with Gasteiger partial charge in [0.1, 0.15) is 24.4 Å². The smallest absolute Gasteiger partial charge is 0.307 e. The number of cyclic esters (lactones) is 1. The van der Waals surface area contributed by atoms with Crippen molar-refractivity contribution in [3.05, 3.63) is 36.0 Å². The number of methoxy groups -OCH3 is 2. The third kappa shape index (κ3) is 8.88. The summed E-state index contributed by atoms with van der Waals surface area (Å²) in [6.45, 7) is 8.07. The van der Waals surface area contributed by atoms with E-state index in [1.807, 2.05) is 19.9 Å². The van der Waals surface area contributed by atoms with Crippen molar-refractivity contribution in [3.8, 4) is 0 Å². The number of carbonyl (C=O) groups is 2. The molecule has 6 unspecified atom stereocenters. The van der Waals surface area contributed by atoms with Gasteiger partial charge in [0.25, 0.3) is 0 Å². The van der Waals surface area contributed by atoms with Crippen LogP contribution in [0.4, 0.5) is 0 Å². The van der Waals surface area contributed by atoms with Crippen LogP contribution < -0.4 is 0 Å². The Morgan fingerprint density at radius 1 is 0.925 bits per heavy atom. The van der Waals surface area contributed by atoms with E-state index in [1.165, 1.54) is 0 Å². The molecule has 1 saturated carbocycles. The summed E-state index contributed by atoms with van der Waals surface area (Å²) in [4.78, 5) is 30.5. The molecule has 0 radical (unpaired) electrons. The van der Waals surface area contributed by atoms with Crippen molar-refractivity contribution in [1.29, 1.82) is 0 Å². The summed E-state index contributed by atoms with van der Waals surface area (Å²) in [6.07, 6.45) is 12.9. The molecule has 0 aromatic rings. The highest BCUT2D eigenvalue weighted by atomic mass is 16.7. The van der Waals surface area contributed by atoms with Gasteiger partial charge in [0.05, 0.1) is 30.8 Å². The number of rotatable bonds is 9. The number of carbonyl (C=O) groups excluding carboxylic acids is 2. The van der Waals surface area contributed by atoms with E-state index in [-0.39, 0.29) is 84.6 Å². The van der Waals surface area contributed by atoms with Gasteiger partial charge in [-0.3, -0.25) is 9.59 Å². The van der Waals surface area contributed by atoms with Crippen LogP contribution in [0.1, 0.15) is 85.5 Å². The maximum Gasteiger partial charge on any atom is 0.307 e. The summed E-state index contributed by atoms with van der Waals surface area (Å²) < 4.78 is 43.0. The Bertz CT molecular complexity index is 1350. The number of ether oxygens (including phenoxy) is 7. The Morgan fingerprint density at radius 2 is 1.70 bits per heavy atom. The van der Waals surface area contributed by atoms with Crippen LogP contribution in [0.25, 0.3) is 0 Å². The summed E-state index contributed by atoms with van der Waals surface area (Å²) in [7, 11) is 7.32. The molecule has 3 aliphatic carbocycles. The molecule has 0 bridgehead atoms. The molecular formula is C42H65NO10. The number of hydrogen-bond acceptors (Lipinski definition) is 11. The van der Waals surface area contributed by atoms with Crippen LogP contribution in [-0.4, -0.2) is 118 Å². The minimum atomic E-state index is -0.995. The van der Waals surface area contributed by atoms with Crippen LogP contribution in [0.2, 0.25) is 0 Å². The zero-order valence-corrected chi connectivity index (χ0v) is 33.1. The number of aliphatic hydroxyl groups excluding tert-OH is 1. The molecular weight excluding hydrogens is 678 g/mol. The van der Waals surface area contributed by atoms with E-state index in [0.29, 0.717) is 18.9 Å². The standard InChI is InChI=1S/C42H65NO10/c1-9-10-12-27-13-11-14-35(53-37-18-17-34(43(5)6)24(3)49-37)23(2)38(45)33-21-31-29(32(33)22-36(44)51-27)16-15-26-19-28(20-30(26)31)52-42-39(46)41(48-8)40(47-7)25(4)50-42/h10,12,15-16,21,23-32,34-35,37,39-42,46H,9,11,13-14,17-20,22H2,1-8H3/b12-10+/t23-,24-,25+,26?,27+,28-,29?,30?,31?,32?,34+,35+,37?,39-,40+,41+,42+/m1/s1. The van der Waals surface area contributed by atoms with E-state index >= 15 is 0 Å². The Balaban J connectivity index is 1.21. The van der Waals surface area contributed by atoms with Crippen LogP contribution in [0.5, 0.6) is 0 Å². The number of allylic oxidation sites excluding steroid dienone is 5. The van der Waals surface area contributed by atoms with Gasteiger partial charge in [-0.05, 0) is 115 Å². The molecule has 11 heteroatoms. The quantitative estimate of drug-likeness (QED) is 0.242. The number of aliphatic hydroxyl groups is 1. The highest BCUT2D eigenvalue weighted by Crippen LogP contribution is 2.54. The third-order valence-electron chi connectivity index (χ3n) is 13.1. The monoisotopic (exact) mass is 743 g/mol. The lowest BCUT2D eigenvalue weighted by Crippen LogP contribution is -2.59. The highest BCUT2D eigenvalue weighted by molar-refractivity contribution is 5.99. The first-order chi connectivity index (χ1) is 25.4. The van der Waals surface area contributed by atoms with Crippen molar-refractivity contribution in [2.45, 2.75) is 153 Å². The molecule has 6 aliphatic rings. The molecule has 0 spiro atoms. The zero-order valence-electron chi connectivity index (χ0n) is 33.1. The minimum Gasteiger partial charge on any atom is -0.458 e. The second-order valence-electron chi connectivity index (χ2n) is 16.6.